The number of hydrogen-bond donors (Lipinski definition) is 0. The Morgan fingerprint density at radius 2 is 1.69 bits per heavy atom. The second kappa shape index (κ2) is 6.97. The van der Waals surface area contributed by atoms with E-state index in [-0.39, 0.29) is 15.5 Å². The molecule has 7 heteroatoms. The number of sulfonamides is 1. The summed E-state index contributed by atoms with van der Waals surface area (Å²) in [7, 11) is -1.15. The summed E-state index contributed by atoms with van der Waals surface area (Å²) in [4.78, 5) is 12.0. The quantitative estimate of drug-likeness (QED) is 0.630. The summed E-state index contributed by atoms with van der Waals surface area (Å²) >= 11 is 6.00. The number of halogens is 1. The van der Waals surface area contributed by atoms with Crippen LogP contribution in [0.1, 0.15) is 10.4 Å². The molecule has 0 heterocycles. The summed E-state index contributed by atoms with van der Waals surface area (Å²) in [6, 6.07) is 16.9. The standard InChI is InChI=1S/C19H16ClNO4S/c1-21(15-8-10-18(20)17(12-15)19(22)25-2)26(23,24)16-9-7-13-5-3-4-6-14(13)11-16/h3-12H,1-2H3. The molecule has 0 bridgehead atoms. The summed E-state index contributed by atoms with van der Waals surface area (Å²) in [6.07, 6.45) is 0. The number of carbonyl (C=O) groups is 1. The largest absolute Gasteiger partial charge is 0.465 e. The van der Waals surface area contributed by atoms with Crippen LogP contribution in [0, 0.1) is 0 Å². The normalized spacial score (nSPS) is 11.3. The third kappa shape index (κ3) is 3.25. The van der Waals surface area contributed by atoms with Gasteiger partial charge in [-0.2, -0.15) is 0 Å². The van der Waals surface area contributed by atoms with E-state index in [1.165, 1.54) is 32.4 Å². The van der Waals surface area contributed by atoms with Crippen LogP contribution in [0.2, 0.25) is 5.02 Å². The van der Waals surface area contributed by atoms with Crippen molar-refractivity contribution < 1.29 is 17.9 Å². The molecule has 3 rings (SSSR count). The lowest BCUT2D eigenvalue weighted by Crippen LogP contribution is -2.26. The first-order chi connectivity index (χ1) is 12.3. The van der Waals surface area contributed by atoms with Gasteiger partial charge in [0.05, 0.1) is 28.3 Å². The maximum Gasteiger partial charge on any atom is 0.339 e. The number of anilines is 1. The predicted molar refractivity (Wildman–Crippen MR) is 102 cm³/mol. The van der Waals surface area contributed by atoms with E-state index >= 15 is 0 Å². The molecule has 0 amide bonds. The van der Waals surface area contributed by atoms with Crippen molar-refractivity contribution in [2.45, 2.75) is 4.90 Å². The Morgan fingerprint density at radius 3 is 2.38 bits per heavy atom. The minimum Gasteiger partial charge on any atom is -0.465 e. The summed E-state index contributed by atoms with van der Waals surface area (Å²) < 4.78 is 31.8. The topological polar surface area (TPSA) is 63.7 Å². The highest BCUT2D eigenvalue weighted by atomic mass is 35.5. The average molecular weight is 390 g/mol. The van der Waals surface area contributed by atoms with E-state index in [0.717, 1.165) is 15.1 Å². The minimum absolute atomic E-state index is 0.104. The maximum atomic E-state index is 13.0. The van der Waals surface area contributed by atoms with E-state index in [1.807, 2.05) is 24.3 Å². The van der Waals surface area contributed by atoms with Crippen molar-refractivity contribution in [3.8, 4) is 0 Å². The third-order valence-electron chi connectivity index (χ3n) is 4.10. The van der Waals surface area contributed by atoms with Crippen LogP contribution in [0.5, 0.6) is 0 Å². The van der Waals surface area contributed by atoms with Crippen molar-refractivity contribution in [1.82, 2.24) is 0 Å². The van der Waals surface area contributed by atoms with Crippen molar-refractivity contribution >= 4 is 44.1 Å². The van der Waals surface area contributed by atoms with E-state index in [1.54, 1.807) is 18.2 Å². The number of benzene rings is 3. The molecule has 0 aliphatic rings. The van der Waals surface area contributed by atoms with Gasteiger partial charge in [0.1, 0.15) is 0 Å². The Balaban J connectivity index is 2.04. The van der Waals surface area contributed by atoms with Crippen LogP contribution in [-0.4, -0.2) is 28.5 Å². The molecule has 0 aliphatic heterocycles. The predicted octanol–water partition coefficient (Wildman–Crippen LogP) is 4.10. The van der Waals surface area contributed by atoms with E-state index in [0.29, 0.717) is 5.69 Å². The monoisotopic (exact) mass is 389 g/mol. The lowest BCUT2D eigenvalue weighted by atomic mass is 10.1. The van der Waals surface area contributed by atoms with E-state index in [4.69, 9.17) is 11.6 Å². The fourth-order valence-corrected chi connectivity index (χ4v) is 4.02. The molecule has 134 valence electrons. The number of carbonyl (C=O) groups excluding carboxylic acids is 1. The lowest BCUT2D eigenvalue weighted by Gasteiger charge is -2.20. The molecule has 3 aromatic rings. The number of nitrogens with zero attached hydrogens (tertiary/aromatic N) is 1. The zero-order valence-electron chi connectivity index (χ0n) is 14.1. The summed E-state index contributed by atoms with van der Waals surface area (Å²) in [5.74, 6) is -0.631. The summed E-state index contributed by atoms with van der Waals surface area (Å²) in [6.45, 7) is 0. The van der Waals surface area contributed by atoms with Gasteiger partial charge < -0.3 is 4.74 Å². The van der Waals surface area contributed by atoms with Crippen molar-refractivity contribution in [2.24, 2.45) is 0 Å². The van der Waals surface area contributed by atoms with Crippen molar-refractivity contribution in [3.63, 3.8) is 0 Å². The zero-order chi connectivity index (χ0) is 18.9. The Kier molecular flexibility index (Phi) is 4.89. The van der Waals surface area contributed by atoms with Gasteiger partial charge in [-0.15, -0.1) is 0 Å². The highest BCUT2D eigenvalue weighted by Crippen LogP contribution is 2.28. The van der Waals surface area contributed by atoms with E-state index < -0.39 is 16.0 Å². The minimum atomic E-state index is -3.81. The van der Waals surface area contributed by atoms with Crippen LogP contribution in [0.15, 0.2) is 65.6 Å². The SMILES string of the molecule is COC(=O)c1cc(N(C)S(=O)(=O)c2ccc3ccccc3c2)ccc1Cl. The molecule has 0 fully saturated rings. The molecule has 0 unspecified atom stereocenters. The van der Waals surface area contributed by atoms with Crippen LogP contribution in [0.3, 0.4) is 0 Å². The fraction of sp³-hybridized carbons (Fsp3) is 0.105. The van der Waals surface area contributed by atoms with Gasteiger partial charge in [-0.25, -0.2) is 13.2 Å². The number of ether oxygens (including phenoxy) is 1. The smallest absolute Gasteiger partial charge is 0.339 e. The van der Waals surface area contributed by atoms with Crippen molar-refractivity contribution in [1.29, 1.82) is 0 Å². The number of esters is 1. The van der Waals surface area contributed by atoms with E-state index in [2.05, 4.69) is 4.74 Å². The number of methoxy groups -OCH3 is 1. The molecule has 0 aliphatic carbocycles. The van der Waals surface area contributed by atoms with Crippen LogP contribution in [-0.2, 0) is 14.8 Å². The molecule has 0 atom stereocenters. The Bertz CT molecular complexity index is 1100. The Hall–Kier alpha value is -2.57. The Morgan fingerprint density at radius 1 is 1.00 bits per heavy atom. The molecule has 26 heavy (non-hydrogen) atoms. The highest BCUT2D eigenvalue weighted by molar-refractivity contribution is 7.92. The number of fused-ring (bicyclic) bond motifs is 1. The summed E-state index contributed by atoms with van der Waals surface area (Å²) in [5, 5.41) is 1.97. The molecular weight excluding hydrogens is 374 g/mol. The van der Waals surface area contributed by atoms with Gasteiger partial charge in [0.15, 0.2) is 0 Å². The molecule has 0 aromatic heterocycles. The fourth-order valence-electron chi connectivity index (χ4n) is 2.60. The first-order valence-electron chi connectivity index (χ1n) is 7.70. The molecular formula is C19H16ClNO4S. The third-order valence-corrected chi connectivity index (χ3v) is 6.21. The summed E-state index contributed by atoms with van der Waals surface area (Å²) in [5.41, 5.74) is 0.412. The van der Waals surface area contributed by atoms with Gasteiger partial charge in [-0.1, -0.05) is 41.9 Å². The average Bonchev–Trinajstić information content (AvgIpc) is 2.66. The molecule has 0 spiro atoms. The van der Waals surface area contributed by atoms with Gasteiger partial charge >= 0.3 is 5.97 Å². The first-order valence-corrected chi connectivity index (χ1v) is 9.52. The zero-order valence-corrected chi connectivity index (χ0v) is 15.7. The van der Waals surface area contributed by atoms with Gasteiger partial charge in [-0.05, 0) is 41.1 Å². The van der Waals surface area contributed by atoms with Crippen LogP contribution in [0.4, 0.5) is 5.69 Å². The van der Waals surface area contributed by atoms with Crippen LogP contribution in [0.25, 0.3) is 10.8 Å². The lowest BCUT2D eigenvalue weighted by molar-refractivity contribution is 0.0601. The van der Waals surface area contributed by atoms with Gasteiger partial charge in [0.2, 0.25) is 0 Å². The molecule has 0 saturated heterocycles. The molecule has 3 aromatic carbocycles. The molecule has 5 nitrogen and oxygen atoms in total. The number of hydrogen-bond acceptors (Lipinski definition) is 4. The van der Waals surface area contributed by atoms with Crippen molar-refractivity contribution in [2.75, 3.05) is 18.5 Å². The van der Waals surface area contributed by atoms with Crippen molar-refractivity contribution in [3.05, 3.63) is 71.2 Å². The second-order valence-electron chi connectivity index (χ2n) is 5.64. The van der Waals surface area contributed by atoms with Gasteiger partial charge in [-0.3, -0.25) is 4.31 Å². The number of rotatable bonds is 4. The van der Waals surface area contributed by atoms with Crippen LogP contribution >= 0.6 is 11.6 Å². The second-order valence-corrected chi connectivity index (χ2v) is 8.01. The highest BCUT2D eigenvalue weighted by Gasteiger charge is 2.23. The Labute approximate surface area is 156 Å². The van der Waals surface area contributed by atoms with Gasteiger partial charge in [0, 0.05) is 7.05 Å². The maximum absolute atomic E-state index is 13.0. The molecule has 0 N–H and O–H groups in total. The first kappa shape index (κ1) is 18.2. The molecule has 0 radical (unpaired) electrons. The molecule has 0 saturated carbocycles. The van der Waals surface area contributed by atoms with Crippen LogP contribution < -0.4 is 4.31 Å². The van der Waals surface area contributed by atoms with E-state index in [9.17, 15) is 13.2 Å². The van der Waals surface area contributed by atoms with Gasteiger partial charge in [0.25, 0.3) is 10.0 Å².